The summed E-state index contributed by atoms with van der Waals surface area (Å²) >= 11 is 0. The van der Waals surface area contributed by atoms with Crippen molar-refractivity contribution in [2.24, 2.45) is 10.9 Å². The van der Waals surface area contributed by atoms with Crippen LogP contribution in [0, 0.1) is 0 Å². The Morgan fingerprint density at radius 1 is 1.33 bits per heavy atom. The van der Waals surface area contributed by atoms with Gasteiger partial charge in [0.1, 0.15) is 6.61 Å². The topological polar surface area (TPSA) is 67.8 Å². The molecule has 1 aromatic rings. The third kappa shape index (κ3) is 5.02. The fourth-order valence-electron chi connectivity index (χ4n) is 1.23. The number of ether oxygens (including phenoxy) is 1. The monoisotopic (exact) mass is 208 g/mol. The smallest absolute Gasteiger partial charge is 0.165 e. The van der Waals surface area contributed by atoms with Gasteiger partial charge in [-0.05, 0) is 18.4 Å². The molecule has 0 radical (unpaired) electrons. The molecule has 0 amide bonds. The van der Waals surface area contributed by atoms with Crippen LogP contribution in [0.25, 0.3) is 0 Å². The molecule has 0 fully saturated rings. The second-order valence-corrected chi connectivity index (χ2v) is 3.23. The minimum absolute atomic E-state index is 0.106. The lowest BCUT2D eigenvalue weighted by Gasteiger charge is -2.03. The maximum absolute atomic E-state index is 8.25. The molecule has 0 saturated carbocycles. The van der Waals surface area contributed by atoms with Crippen molar-refractivity contribution in [3.8, 4) is 0 Å². The number of nitrogens with zero attached hydrogens (tertiary/aromatic N) is 1. The van der Waals surface area contributed by atoms with E-state index in [0.29, 0.717) is 6.61 Å². The van der Waals surface area contributed by atoms with E-state index in [-0.39, 0.29) is 12.4 Å². The third-order valence-corrected chi connectivity index (χ3v) is 1.98. The summed E-state index contributed by atoms with van der Waals surface area (Å²) in [4.78, 5) is 0. The van der Waals surface area contributed by atoms with Gasteiger partial charge < -0.3 is 15.7 Å². The van der Waals surface area contributed by atoms with E-state index in [1.165, 1.54) is 5.56 Å². The Kier molecular flexibility index (Phi) is 5.25. The molecule has 1 aromatic carbocycles. The molecule has 82 valence electrons. The van der Waals surface area contributed by atoms with E-state index in [1.54, 1.807) is 0 Å². The fourth-order valence-corrected chi connectivity index (χ4v) is 1.23. The molecule has 0 heterocycles. The quantitative estimate of drug-likeness (QED) is 0.244. The Balaban J connectivity index is 2.08. The molecule has 0 bridgehead atoms. The van der Waals surface area contributed by atoms with Crippen molar-refractivity contribution in [2.45, 2.75) is 12.8 Å². The Hall–Kier alpha value is -1.55. The first-order valence-electron chi connectivity index (χ1n) is 4.91. The van der Waals surface area contributed by atoms with Gasteiger partial charge >= 0.3 is 0 Å². The lowest BCUT2D eigenvalue weighted by Crippen LogP contribution is -2.19. The van der Waals surface area contributed by atoms with Crippen molar-refractivity contribution in [3.05, 3.63) is 35.9 Å². The summed E-state index contributed by atoms with van der Waals surface area (Å²) in [5.74, 6) is 0.106. The van der Waals surface area contributed by atoms with Crippen LogP contribution in [-0.2, 0) is 11.2 Å². The first kappa shape index (κ1) is 11.5. The minimum atomic E-state index is 0.106. The molecule has 0 aromatic heterocycles. The number of amidine groups is 1. The highest BCUT2D eigenvalue weighted by molar-refractivity contribution is 5.80. The standard InChI is InChI=1S/C11H16N2O2/c12-11(13-14)9-15-8-4-7-10-5-2-1-3-6-10/h1-3,5-6,14H,4,7-9H2,(H2,12,13). The van der Waals surface area contributed by atoms with Gasteiger partial charge in [0.15, 0.2) is 5.84 Å². The lowest BCUT2D eigenvalue weighted by atomic mass is 10.1. The van der Waals surface area contributed by atoms with Gasteiger partial charge in [-0.3, -0.25) is 0 Å². The van der Waals surface area contributed by atoms with Gasteiger partial charge in [0.25, 0.3) is 0 Å². The van der Waals surface area contributed by atoms with Crippen LogP contribution in [0.1, 0.15) is 12.0 Å². The predicted molar refractivity (Wildman–Crippen MR) is 59.0 cm³/mol. The highest BCUT2D eigenvalue weighted by Crippen LogP contribution is 2.02. The van der Waals surface area contributed by atoms with Crippen LogP contribution in [0.5, 0.6) is 0 Å². The van der Waals surface area contributed by atoms with Crippen LogP contribution in [0.3, 0.4) is 0 Å². The number of aryl methyl sites for hydroxylation is 1. The number of hydrogen-bond donors (Lipinski definition) is 2. The molecule has 0 unspecified atom stereocenters. The number of hydrogen-bond acceptors (Lipinski definition) is 3. The molecule has 15 heavy (non-hydrogen) atoms. The van der Waals surface area contributed by atoms with Crippen LogP contribution in [0.4, 0.5) is 0 Å². The summed E-state index contributed by atoms with van der Waals surface area (Å²) in [5.41, 5.74) is 6.54. The van der Waals surface area contributed by atoms with Crippen molar-refractivity contribution in [1.82, 2.24) is 0 Å². The van der Waals surface area contributed by atoms with Gasteiger partial charge in [-0.25, -0.2) is 0 Å². The Morgan fingerprint density at radius 2 is 2.07 bits per heavy atom. The maximum atomic E-state index is 8.25. The number of rotatable bonds is 6. The summed E-state index contributed by atoms with van der Waals surface area (Å²) in [7, 11) is 0. The van der Waals surface area contributed by atoms with Crippen LogP contribution in [0.2, 0.25) is 0 Å². The molecule has 3 N–H and O–H groups in total. The first-order chi connectivity index (χ1) is 7.33. The van der Waals surface area contributed by atoms with Gasteiger partial charge in [0.2, 0.25) is 0 Å². The van der Waals surface area contributed by atoms with E-state index in [4.69, 9.17) is 15.7 Å². The molecule has 4 heteroatoms. The van der Waals surface area contributed by atoms with Crippen molar-refractivity contribution >= 4 is 5.84 Å². The Morgan fingerprint density at radius 3 is 2.73 bits per heavy atom. The second kappa shape index (κ2) is 6.84. The molecule has 0 aliphatic rings. The lowest BCUT2D eigenvalue weighted by molar-refractivity contribution is 0.165. The molecule has 4 nitrogen and oxygen atoms in total. The zero-order valence-electron chi connectivity index (χ0n) is 8.60. The summed E-state index contributed by atoms with van der Waals surface area (Å²) in [5, 5.41) is 11.1. The fraction of sp³-hybridized carbons (Fsp3) is 0.364. The summed E-state index contributed by atoms with van der Waals surface area (Å²) in [6.45, 7) is 0.802. The van der Waals surface area contributed by atoms with Gasteiger partial charge in [-0.1, -0.05) is 35.5 Å². The molecule has 0 atom stereocenters. The second-order valence-electron chi connectivity index (χ2n) is 3.23. The van der Waals surface area contributed by atoms with Gasteiger partial charge in [-0.2, -0.15) is 0 Å². The van der Waals surface area contributed by atoms with Crippen molar-refractivity contribution in [2.75, 3.05) is 13.2 Å². The van der Waals surface area contributed by atoms with E-state index >= 15 is 0 Å². The maximum Gasteiger partial charge on any atom is 0.165 e. The van der Waals surface area contributed by atoms with E-state index in [2.05, 4.69) is 17.3 Å². The average Bonchev–Trinajstić information content (AvgIpc) is 2.29. The molecular weight excluding hydrogens is 192 g/mol. The first-order valence-corrected chi connectivity index (χ1v) is 4.91. The van der Waals surface area contributed by atoms with Crippen molar-refractivity contribution < 1.29 is 9.94 Å². The highest BCUT2D eigenvalue weighted by Gasteiger charge is 1.94. The van der Waals surface area contributed by atoms with Gasteiger partial charge in [0.05, 0.1) is 0 Å². The van der Waals surface area contributed by atoms with Crippen molar-refractivity contribution in [1.29, 1.82) is 0 Å². The normalized spacial score (nSPS) is 11.6. The van der Waals surface area contributed by atoms with E-state index in [0.717, 1.165) is 12.8 Å². The van der Waals surface area contributed by atoms with Crippen LogP contribution >= 0.6 is 0 Å². The van der Waals surface area contributed by atoms with E-state index in [9.17, 15) is 0 Å². The van der Waals surface area contributed by atoms with Gasteiger partial charge in [0, 0.05) is 6.61 Å². The average molecular weight is 208 g/mol. The third-order valence-electron chi connectivity index (χ3n) is 1.98. The molecule has 0 aliphatic carbocycles. The summed E-state index contributed by atoms with van der Waals surface area (Å²) in [6.07, 6.45) is 1.92. The predicted octanol–water partition coefficient (Wildman–Crippen LogP) is 1.38. The van der Waals surface area contributed by atoms with Crippen LogP contribution < -0.4 is 5.73 Å². The minimum Gasteiger partial charge on any atom is -0.409 e. The summed E-state index contributed by atoms with van der Waals surface area (Å²) < 4.78 is 5.19. The zero-order chi connectivity index (χ0) is 10.9. The Labute approximate surface area is 89.4 Å². The van der Waals surface area contributed by atoms with E-state index < -0.39 is 0 Å². The molecule has 0 saturated heterocycles. The number of nitrogens with two attached hydrogens (primary N) is 1. The van der Waals surface area contributed by atoms with Crippen LogP contribution in [-0.4, -0.2) is 24.3 Å². The number of oxime groups is 1. The molecule has 0 aliphatic heterocycles. The SMILES string of the molecule is NC(COCCCc1ccccc1)=NO. The zero-order valence-corrected chi connectivity index (χ0v) is 8.60. The van der Waals surface area contributed by atoms with E-state index in [1.807, 2.05) is 18.2 Å². The van der Waals surface area contributed by atoms with Crippen molar-refractivity contribution in [3.63, 3.8) is 0 Å². The number of benzene rings is 1. The largest absolute Gasteiger partial charge is 0.409 e. The van der Waals surface area contributed by atoms with Crippen LogP contribution in [0.15, 0.2) is 35.5 Å². The Bertz CT molecular complexity index is 299. The molecule has 1 rings (SSSR count). The summed E-state index contributed by atoms with van der Waals surface area (Å²) in [6, 6.07) is 10.2. The van der Waals surface area contributed by atoms with Gasteiger partial charge in [-0.15, -0.1) is 0 Å². The molecular formula is C11H16N2O2. The highest BCUT2D eigenvalue weighted by atomic mass is 16.5. The molecule has 0 spiro atoms.